The minimum Gasteiger partial charge on any atom is -0.508 e. The first-order valence-corrected chi connectivity index (χ1v) is 5.09. The standard InChI is InChI=1S/C12H15F3O/c1-4-11(2,3)9-7-8(12(13,14)15)5-6-10(9)16/h5-7,16H,4H2,1-3H3. The van der Waals surface area contributed by atoms with E-state index in [2.05, 4.69) is 0 Å². The van der Waals surface area contributed by atoms with Gasteiger partial charge in [-0.25, -0.2) is 0 Å². The summed E-state index contributed by atoms with van der Waals surface area (Å²) in [6.45, 7) is 5.49. The molecule has 1 rings (SSSR count). The molecule has 1 aromatic carbocycles. The number of aromatic hydroxyl groups is 1. The summed E-state index contributed by atoms with van der Waals surface area (Å²) in [5.74, 6) is -0.0835. The van der Waals surface area contributed by atoms with Crippen molar-refractivity contribution in [1.29, 1.82) is 0 Å². The van der Waals surface area contributed by atoms with Gasteiger partial charge in [0, 0.05) is 5.56 Å². The third-order valence-electron chi connectivity index (χ3n) is 2.94. The SMILES string of the molecule is CCC(C)(C)c1cc(C(F)(F)F)ccc1O. The molecule has 1 aromatic rings. The van der Waals surface area contributed by atoms with Gasteiger partial charge in [-0.3, -0.25) is 0 Å². The van der Waals surface area contributed by atoms with Crippen LogP contribution in [0.5, 0.6) is 5.75 Å². The van der Waals surface area contributed by atoms with E-state index < -0.39 is 17.2 Å². The highest BCUT2D eigenvalue weighted by atomic mass is 19.4. The topological polar surface area (TPSA) is 20.2 Å². The van der Waals surface area contributed by atoms with Crippen molar-refractivity contribution in [2.75, 3.05) is 0 Å². The number of alkyl halides is 3. The molecule has 0 amide bonds. The zero-order chi connectivity index (χ0) is 12.6. The molecule has 0 saturated heterocycles. The lowest BCUT2D eigenvalue weighted by molar-refractivity contribution is -0.137. The van der Waals surface area contributed by atoms with Crippen LogP contribution < -0.4 is 0 Å². The summed E-state index contributed by atoms with van der Waals surface area (Å²) in [5, 5.41) is 9.60. The molecule has 16 heavy (non-hydrogen) atoms. The molecule has 0 aromatic heterocycles. The molecule has 0 saturated carbocycles. The van der Waals surface area contributed by atoms with Gasteiger partial charge < -0.3 is 5.11 Å². The minimum absolute atomic E-state index is 0.0835. The van der Waals surface area contributed by atoms with Gasteiger partial charge in [0.25, 0.3) is 0 Å². The molecule has 0 spiro atoms. The van der Waals surface area contributed by atoms with E-state index in [-0.39, 0.29) is 5.75 Å². The third-order valence-corrected chi connectivity index (χ3v) is 2.94. The molecule has 0 aliphatic heterocycles. The van der Waals surface area contributed by atoms with Gasteiger partial charge in [-0.15, -0.1) is 0 Å². The second-order valence-electron chi connectivity index (χ2n) is 4.47. The Morgan fingerprint density at radius 1 is 1.19 bits per heavy atom. The van der Waals surface area contributed by atoms with E-state index in [0.717, 1.165) is 18.2 Å². The van der Waals surface area contributed by atoms with Crippen LogP contribution in [0, 0.1) is 0 Å². The second kappa shape index (κ2) is 4.00. The summed E-state index contributed by atoms with van der Waals surface area (Å²) in [6.07, 6.45) is -3.71. The number of phenols is 1. The van der Waals surface area contributed by atoms with E-state index in [1.165, 1.54) is 0 Å². The molecule has 0 fully saturated rings. The van der Waals surface area contributed by atoms with Crippen molar-refractivity contribution in [2.45, 2.75) is 38.8 Å². The largest absolute Gasteiger partial charge is 0.508 e. The lowest BCUT2D eigenvalue weighted by Gasteiger charge is -2.25. The molecule has 90 valence electrons. The van der Waals surface area contributed by atoms with Crippen molar-refractivity contribution in [2.24, 2.45) is 0 Å². The summed E-state index contributed by atoms with van der Waals surface area (Å²) in [5.41, 5.74) is -0.850. The molecule has 1 nitrogen and oxygen atoms in total. The van der Waals surface area contributed by atoms with Crippen molar-refractivity contribution in [3.63, 3.8) is 0 Å². The monoisotopic (exact) mass is 232 g/mol. The molecular weight excluding hydrogens is 217 g/mol. The van der Waals surface area contributed by atoms with E-state index in [1.54, 1.807) is 0 Å². The maximum absolute atomic E-state index is 12.5. The number of hydrogen-bond acceptors (Lipinski definition) is 1. The van der Waals surface area contributed by atoms with Gasteiger partial charge in [0.05, 0.1) is 5.56 Å². The Morgan fingerprint density at radius 2 is 1.75 bits per heavy atom. The molecule has 0 radical (unpaired) electrons. The molecule has 0 atom stereocenters. The van der Waals surface area contributed by atoms with Gasteiger partial charge in [-0.2, -0.15) is 13.2 Å². The maximum atomic E-state index is 12.5. The fourth-order valence-corrected chi connectivity index (χ4v) is 1.44. The van der Waals surface area contributed by atoms with Crippen molar-refractivity contribution >= 4 is 0 Å². The van der Waals surface area contributed by atoms with Crippen molar-refractivity contribution in [1.82, 2.24) is 0 Å². The van der Waals surface area contributed by atoms with Gasteiger partial charge in [0.1, 0.15) is 5.75 Å². The smallest absolute Gasteiger partial charge is 0.416 e. The maximum Gasteiger partial charge on any atom is 0.416 e. The Bertz CT molecular complexity index is 380. The Kier molecular flexibility index (Phi) is 3.22. The number of rotatable bonds is 2. The summed E-state index contributed by atoms with van der Waals surface area (Å²) < 4.78 is 37.5. The zero-order valence-electron chi connectivity index (χ0n) is 9.52. The molecule has 0 bridgehead atoms. The first kappa shape index (κ1) is 12.9. The van der Waals surface area contributed by atoms with Crippen LogP contribution in [0.1, 0.15) is 38.3 Å². The summed E-state index contributed by atoms with van der Waals surface area (Å²) in [7, 11) is 0. The predicted molar refractivity (Wildman–Crippen MR) is 56.4 cm³/mol. The fourth-order valence-electron chi connectivity index (χ4n) is 1.44. The van der Waals surface area contributed by atoms with E-state index in [1.807, 2.05) is 20.8 Å². The molecular formula is C12H15F3O. The second-order valence-corrected chi connectivity index (χ2v) is 4.47. The number of halogens is 3. The number of hydrogen-bond donors (Lipinski definition) is 1. The molecule has 1 N–H and O–H groups in total. The Hall–Kier alpha value is -1.19. The summed E-state index contributed by atoms with van der Waals surface area (Å²) >= 11 is 0. The van der Waals surface area contributed by atoms with Crippen LogP contribution in [0.25, 0.3) is 0 Å². The van der Waals surface area contributed by atoms with Gasteiger partial charge in [0.15, 0.2) is 0 Å². The summed E-state index contributed by atoms with van der Waals surface area (Å²) in [4.78, 5) is 0. The molecule has 4 heteroatoms. The van der Waals surface area contributed by atoms with Gasteiger partial charge in [0.2, 0.25) is 0 Å². The Balaban J connectivity index is 3.30. The first-order chi connectivity index (χ1) is 7.18. The average molecular weight is 232 g/mol. The quantitative estimate of drug-likeness (QED) is 0.813. The van der Waals surface area contributed by atoms with Crippen LogP contribution in [-0.2, 0) is 11.6 Å². The molecule has 0 aliphatic carbocycles. The minimum atomic E-state index is -4.37. The fraction of sp³-hybridized carbons (Fsp3) is 0.500. The van der Waals surface area contributed by atoms with Gasteiger partial charge in [-0.1, -0.05) is 20.8 Å². The van der Waals surface area contributed by atoms with Gasteiger partial charge >= 0.3 is 6.18 Å². The van der Waals surface area contributed by atoms with E-state index in [4.69, 9.17) is 0 Å². The van der Waals surface area contributed by atoms with E-state index in [0.29, 0.717) is 12.0 Å². The van der Waals surface area contributed by atoms with Crippen LogP contribution in [0.15, 0.2) is 18.2 Å². The van der Waals surface area contributed by atoms with Crippen LogP contribution in [0.4, 0.5) is 13.2 Å². The Morgan fingerprint density at radius 3 is 2.19 bits per heavy atom. The summed E-state index contributed by atoms with van der Waals surface area (Å²) in [6, 6.07) is 3.03. The highest BCUT2D eigenvalue weighted by Gasteiger charge is 2.33. The molecule has 0 aliphatic rings. The van der Waals surface area contributed by atoms with Crippen LogP contribution in [0.2, 0.25) is 0 Å². The average Bonchev–Trinajstić information content (AvgIpc) is 2.16. The third kappa shape index (κ3) is 2.49. The van der Waals surface area contributed by atoms with E-state index >= 15 is 0 Å². The highest BCUT2D eigenvalue weighted by Crippen LogP contribution is 2.38. The highest BCUT2D eigenvalue weighted by molar-refractivity contribution is 5.41. The van der Waals surface area contributed by atoms with Crippen LogP contribution >= 0.6 is 0 Å². The number of benzene rings is 1. The Labute approximate surface area is 92.9 Å². The lowest BCUT2D eigenvalue weighted by atomic mass is 9.81. The lowest BCUT2D eigenvalue weighted by Crippen LogP contribution is -2.17. The molecule has 0 unspecified atom stereocenters. The van der Waals surface area contributed by atoms with E-state index in [9.17, 15) is 18.3 Å². The van der Waals surface area contributed by atoms with Crippen molar-refractivity contribution in [3.8, 4) is 5.75 Å². The zero-order valence-corrected chi connectivity index (χ0v) is 9.52. The van der Waals surface area contributed by atoms with Crippen molar-refractivity contribution in [3.05, 3.63) is 29.3 Å². The van der Waals surface area contributed by atoms with Crippen LogP contribution in [0.3, 0.4) is 0 Å². The normalized spacial score (nSPS) is 12.9. The van der Waals surface area contributed by atoms with Crippen molar-refractivity contribution < 1.29 is 18.3 Å². The molecule has 0 heterocycles. The predicted octanol–water partition coefficient (Wildman–Crippen LogP) is 4.10. The first-order valence-electron chi connectivity index (χ1n) is 5.09. The number of phenolic OH excluding ortho intramolecular Hbond substituents is 1. The van der Waals surface area contributed by atoms with Gasteiger partial charge in [-0.05, 0) is 30.0 Å². The van der Waals surface area contributed by atoms with Crippen LogP contribution in [-0.4, -0.2) is 5.11 Å².